The Bertz CT molecular complexity index is 522. The van der Waals surface area contributed by atoms with Gasteiger partial charge in [0.15, 0.2) is 0 Å². The molecule has 0 aliphatic rings. The first kappa shape index (κ1) is 13.6. The molecular formula is C17H21NO. The number of hydrogen-bond acceptors (Lipinski definition) is 2. The van der Waals surface area contributed by atoms with Crippen LogP contribution in [0.3, 0.4) is 0 Å². The molecule has 0 aliphatic heterocycles. The Labute approximate surface area is 115 Å². The predicted molar refractivity (Wildman–Crippen MR) is 79.4 cm³/mol. The number of ether oxygens (including phenoxy) is 1. The van der Waals surface area contributed by atoms with Crippen LogP contribution in [0.25, 0.3) is 0 Å². The highest BCUT2D eigenvalue weighted by molar-refractivity contribution is 5.39. The van der Waals surface area contributed by atoms with Gasteiger partial charge in [0, 0.05) is 11.6 Å². The molecule has 19 heavy (non-hydrogen) atoms. The molecule has 0 radical (unpaired) electrons. The van der Waals surface area contributed by atoms with Gasteiger partial charge < -0.3 is 10.5 Å². The van der Waals surface area contributed by atoms with Gasteiger partial charge in [-0.05, 0) is 31.9 Å². The Morgan fingerprint density at radius 3 is 2.53 bits per heavy atom. The van der Waals surface area contributed by atoms with Gasteiger partial charge in [0.25, 0.3) is 0 Å². The molecule has 2 nitrogen and oxygen atoms in total. The minimum absolute atomic E-state index is 0.0381. The van der Waals surface area contributed by atoms with Gasteiger partial charge >= 0.3 is 0 Å². The van der Waals surface area contributed by atoms with Gasteiger partial charge in [-0.15, -0.1) is 0 Å². The number of rotatable bonds is 5. The van der Waals surface area contributed by atoms with Crippen LogP contribution in [0.2, 0.25) is 0 Å². The summed E-state index contributed by atoms with van der Waals surface area (Å²) in [6, 6.07) is 16.5. The van der Waals surface area contributed by atoms with E-state index >= 15 is 0 Å². The average Bonchev–Trinajstić information content (AvgIpc) is 2.42. The summed E-state index contributed by atoms with van der Waals surface area (Å²) in [7, 11) is 0. The zero-order chi connectivity index (χ0) is 13.7. The molecule has 0 saturated heterocycles. The molecule has 2 aromatic rings. The van der Waals surface area contributed by atoms with E-state index in [2.05, 4.69) is 31.2 Å². The summed E-state index contributed by atoms with van der Waals surface area (Å²) < 4.78 is 5.67. The van der Waals surface area contributed by atoms with Gasteiger partial charge in [-0.2, -0.15) is 0 Å². The molecule has 0 saturated carbocycles. The largest absolute Gasteiger partial charge is 0.494 e. The minimum atomic E-state index is -0.0381. The number of benzene rings is 2. The third-order valence-corrected chi connectivity index (χ3v) is 3.16. The molecule has 1 unspecified atom stereocenters. The van der Waals surface area contributed by atoms with Gasteiger partial charge in [0.2, 0.25) is 0 Å². The van der Waals surface area contributed by atoms with Crippen molar-refractivity contribution in [2.24, 2.45) is 5.73 Å². The molecule has 0 heterocycles. The van der Waals surface area contributed by atoms with Crippen molar-refractivity contribution in [2.45, 2.75) is 26.3 Å². The number of aryl methyl sites for hydroxylation is 1. The molecule has 0 bridgehead atoms. The molecule has 0 amide bonds. The van der Waals surface area contributed by atoms with Gasteiger partial charge in [-0.1, -0.05) is 48.0 Å². The topological polar surface area (TPSA) is 35.2 Å². The predicted octanol–water partition coefficient (Wildman–Crippen LogP) is 3.64. The van der Waals surface area contributed by atoms with Crippen molar-refractivity contribution >= 4 is 0 Å². The Morgan fingerprint density at radius 2 is 1.84 bits per heavy atom. The van der Waals surface area contributed by atoms with Crippen LogP contribution in [0.1, 0.15) is 29.7 Å². The highest BCUT2D eigenvalue weighted by Crippen LogP contribution is 2.27. The summed E-state index contributed by atoms with van der Waals surface area (Å²) in [5.74, 6) is 0.900. The van der Waals surface area contributed by atoms with Crippen molar-refractivity contribution in [3.05, 3.63) is 65.2 Å². The van der Waals surface area contributed by atoms with E-state index in [-0.39, 0.29) is 6.04 Å². The highest BCUT2D eigenvalue weighted by atomic mass is 16.5. The van der Waals surface area contributed by atoms with Gasteiger partial charge in [0.05, 0.1) is 6.61 Å². The summed E-state index contributed by atoms with van der Waals surface area (Å²) in [6.07, 6.45) is 0.824. The lowest BCUT2D eigenvalue weighted by atomic mass is 9.97. The molecule has 0 aliphatic carbocycles. The zero-order valence-electron chi connectivity index (χ0n) is 11.6. The number of hydrogen-bond donors (Lipinski definition) is 1. The third kappa shape index (κ3) is 3.58. The molecule has 2 aromatic carbocycles. The molecule has 1 atom stereocenters. The minimum Gasteiger partial charge on any atom is -0.494 e. The first-order chi connectivity index (χ1) is 9.20. The molecular weight excluding hydrogens is 234 g/mol. The van der Waals surface area contributed by atoms with Gasteiger partial charge in [-0.25, -0.2) is 0 Å². The van der Waals surface area contributed by atoms with Crippen LogP contribution in [0.5, 0.6) is 5.75 Å². The van der Waals surface area contributed by atoms with Crippen LogP contribution in [0.15, 0.2) is 48.5 Å². The van der Waals surface area contributed by atoms with Gasteiger partial charge in [-0.3, -0.25) is 0 Å². The summed E-state index contributed by atoms with van der Waals surface area (Å²) in [6.45, 7) is 4.73. The molecule has 2 rings (SSSR count). The van der Waals surface area contributed by atoms with Crippen molar-refractivity contribution in [2.75, 3.05) is 6.61 Å². The van der Waals surface area contributed by atoms with E-state index in [1.54, 1.807) is 0 Å². The summed E-state index contributed by atoms with van der Waals surface area (Å²) in [5, 5.41) is 0. The third-order valence-electron chi connectivity index (χ3n) is 3.16. The lowest BCUT2D eigenvalue weighted by Gasteiger charge is -2.17. The van der Waals surface area contributed by atoms with Gasteiger partial charge in [0.1, 0.15) is 5.75 Å². The van der Waals surface area contributed by atoms with E-state index in [0.29, 0.717) is 6.61 Å². The maximum absolute atomic E-state index is 6.35. The fourth-order valence-electron chi connectivity index (χ4n) is 2.22. The quantitative estimate of drug-likeness (QED) is 0.885. The molecule has 0 fully saturated rings. The summed E-state index contributed by atoms with van der Waals surface area (Å²) in [5.41, 5.74) is 9.89. The zero-order valence-corrected chi connectivity index (χ0v) is 11.6. The Kier molecular flexibility index (Phi) is 4.58. The Balaban J connectivity index is 2.22. The standard InChI is InChI=1S/C17H21NO/c1-3-19-17-10-9-13(2)11-15(17)16(18)12-14-7-5-4-6-8-14/h4-11,16H,3,12,18H2,1-2H3. The van der Waals surface area contributed by atoms with E-state index in [4.69, 9.17) is 10.5 Å². The van der Waals surface area contributed by atoms with Crippen molar-refractivity contribution in [3.63, 3.8) is 0 Å². The summed E-state index contributed by atoms with van der Waals surface area (Å²) >= 11 is 0. The van der Waals surface area contributed by atoms with Crippen molar-refractivity contribution in [1.82, 2.24) is 0 Å². The first-order valence-electron chi connectivity index (χ1n) is 6.73. The molecule has 100 valence electrons. The van der Waals surface area contributed by atoms with E-state index in [0.717, 1.165) is 17.7 Å². The Hall–Kier alpha value is -1.80. The lowest BCUT2D eigenvalue weighted by molar-refractivity contribution is 0.334. The van der Waals surface area contributed by atoms with Crippen molar-refractivity contribution in [1.29, 1.82) is 0 Å². The lowest BCUT2D eigenvalue weighted by Crippen LogP contribution is -2.15. The van der Waals surface area contributed by atoms with E-state index < -0.39 is 0 Å². The molecule has 2 N–H and O–H groups in total. The smallest absolute Gasteiger partial charge is 0.124 e. The Morgan fingerprint density at radius 1 is 1.11 bits per heavy atom. The molecule has 2 heteroatoms. The van der Waals surface area contributed by atoms with Crippen molar-refractivity contribution in [3.8, 4) is 5.75 Å². The monoisotopic (exact) mass is 255 g/mol. The second-order valence-electron chi connectivity index (χ2n) is 4.77. The number of nitrogens with two attached hydrogens (primary N) is 1. The highest BCUT2D eigenvalue weighted by Gasteiger charge is 2.13. The average molecular weight is 255 g/mol. The maximum atomic E-state index is 6.35. The van der Waals surface area contributed by atoms with Crippen LogP contribution in [-0.4, -0.2) is 6.61 Å². The van der Waals surface area contributed by atoms with E-state index in [1.807, 2.05) is 31.2 Å². The first-order valence-corrected chi connectivity index (χ1v) is 6.73. The fourth-order valence-corrected chi connectivity index (χ4v) is 2.22. The van der Waals surface area contributed by atoms with Crippen LogP contribution in [0, 0.1) is 6.92 Å². The second-order valence-corrected chi connectivity index (χ2v) is 4.77. The molecule has 0 spiro atoms. The molecule has 0 aromatic heterocycles. The van der Waals surface area contributed by atoms with Crippen molar-refractivity contribution < 1.29 is 4.74 Å². The van der Waals surface area contributed by atoms with Crippen LogP contribution in [0.4, 0.5) is 0 Å². The van der Waals surface area contributed by atoms with Crippen LogP contribution >= 0.6 is 0 Å². The normalized spacial score (nSPS) is 12.2. The van der Waals surface area contributed by atoms with Crippen LogP contribution < -0.4 is 10.5 Å². The SMILES string of the molecule is CCOc1ccc(C)cc1C(N)Cc1ccccc1. The van der Waals surface area contributed by atoms with E-state index in [9.17, 15) is 0 Å². The van der Waals surface area contributed by atoms with E-state index in [1.165, 1.54) is 11.1 Å². The maximum Gasteiger partial charge on any atom is 0.124 e. The van der Waals surface area contributed by atoms with Crippen LogP contribution in [-0.2, 0) is 6.42 Å². The summed E-state index contributed by atoms with van der Waals surface area (Å²) in [4.78, 5) is 0. The second kappa shape index (κ2) is 6.39. The fraction of sp³-hybridized carbons (Fsp3) is 0.294.